The second-order valence-electron chi connectivity index (χ2n) is 12.6. The molecule has 1 spiro atoms. The van der Waals surface area contributed by atoms with E-state index in [0.29, 0.717) is 30.9 Å². The second kappa shape index (κ2) is 12.8. The van der Waals surface area contributed by atoms with Gasteiger partial charge in [0.15, 0.2) is 23.7 Å². The summed E-state index contributed by atoms with van der Waals surface area (Å²) in [7, 11) is 3.45. The number of ether oxygens (including phenoxy) is 5. The molecule has 0 radical (unpaired) electrons. The SMILES string of the molecule is COc1ccc2c3c1O[C@H]1C(OC(=O)[C@@H](O)CC(=O)O[C@H](C(=O)O[C@H](CC(=O)O)C(=O)O)c4ccccc4)=CC[C@@]4(O)[C@H](C2)N(C)CC[C@]314. The lowest BCUT2D eigenvalue weighted by Crippen LogP contribution is -2.74. The van der Waals surface area contributed by atoms with Crippen LogP contribution < -0.4 is 9.47 Å². The number of hydrogen-bond acceptors (Lipinski definition) is 13. The molecule has 4 aliphatic rings. The van der Waals surface area contributed by atoms with Crippen molar-refractivity contribution >= 4 is 29.8 Å². The normalized spacial score (nSPS) is 26.5. The van der Waals surface area contributed by atoms with E-state index in [1.165, 1.54) is 31.4 Å². The first-order chi connectivity index (χ1) is 23.3. The topological polar surface area (TPSA) is 216 Å². The minimum Gasteiger partial charge on any atom is -0.493 e. The van der Waals surface area contributed by atoms with Gasteiger partial charge in [0.2, 0.25) is 12.2 Å². The molecular weight excluding hydrogens is 646 g/mol. The van der Waals surface area contributed by atoms with Crippen LogP contribution in [0, 0.1) is 0 Å². The monoisotopic (exact) mass is 681 g/mol. The highest BCUT2D eigenvalue weighted by Gasteiger charge is 2.72. The molecular formula is C34H35NO14. The summed E-state index contributed by atoms with van der Waals surface area (Å²) in [6, 6.07) is 10.9. The predicted molar refractivity (Wildman–Crippen MR) is 163 cm³/mol. The number of aliphatic hydroxyl groups excluding tert-OH is 1. The molecule has 0 unspecified atom stereocenters. The zero-order valence-electron chi connectivity index (χ0n) is 26.6. The Morgan fingerprint density at radius 1 is 1.02 bits per heavy atom. The molecule has 2 aliphatic carbocycles. The number of likely N-dealkylation sites (tertiary alicyclic amines) is 1. The summed E-state index contributed by atoms with van der Waals surface area (Å²) in [4.78, 5) is 63.7. The van der Waals surface area contributed by atoms with Crippen LogP contribution in [-0.2, 0) is 50.0 Å². The molecule has 2 aromatic carbocycles. The third-order valence-corrected chi connectivity index (χ3v) is 9.87. The van der Waals surface area contributed by atoms with Crippen LogP contribution in [0.1, 0.15) is 48.5 Å². The highest BCUT2D eigenvalue weighted by Crippen LogP contribution is 2.65. The molecule has 49 heavy (non-hydrogen) atoms. The summed E-state index contributed by atoms with van der Waals surface area (Å²) in [6.45, 7) is 0.632. The van der Waals surface area contributed by atoms with E-state index in [0.717, 1.165) is 11.1 Å². The first kappa shape index (κ1) is 33.9. The van der Waals surface area contributed by atoms with Crippen molar-refractivity contribution in [1.29, 1.82) is 0 Å². The molecule has 2 heterocycles. The largest absolute Gasteiger partial charge is 0.493 e. The minimum atomic E-state index is -2.07. The molecule has 260 valence electrons. The first-order valence-corrected chi connectivity index (χ1v) is 15.6. The highest BCUT2D eigenvalue weighted by molar-refractivity contribution is 5.87. The van der Waals surface area contributed by atoms with Crippen LogP contribution in [0.4, 0.5) is 0 Å². The van der Waals surface area contributed by atoms with Gasteiger partial charge in [0.1, 0.15) is 5.76 Å². The van der Waals surface area contributed by atoms with Crippen LogP contribution in [0.5, 0.6) is 11.5 Å². The lowest BCUT2D eigenvalue weighted by Gasteiger charge is -2.61. The van der Waals surface area contributed by atoms with Gasteiger partial charge in [-0.3, -0.25) is 9.59 Å². The number of likely N-dealkylation sites (N-methyl/N-ethyl adjacent to an activating group) is 1. The number of esters is 3. The highest BCUT2D eigenvalue weighted by atomic mass is 16.6. The van der Waals surface area contributed by atoms with Crippen molar-refractivity contribution in [3.8, 4) is 11.5 Å². The van der Waals surface area contributed by atoms with Crippen LogP contribution in [0.2, 0.25) is 0 Å². The van der Waals surface area contributed by atoms with Crippen molar-refractivity contribution in [1.82, 2.24) is 4.90 Å². The van der Waals surface area contributed by atoms with Gasteiger partial charge < -0.3 is 49.0 Å². The molecule has 15 nitrogen and oxygen atoms in total. The Morgan fingerprint density at radius 3 is 2.43 bits per heavy atom. The van der Waals surface area contributed by atoms with Crippen molar-refractivity contribution in [3.63, 3.8) is 0 Å². The zero-order chi connectivity index (χ0) is 35.2. The Kier molecular flexibility index (Phi) is 8.85. The van der Waals surface area contributed by atoms with Crippen molar-refractivity contribution in [2.45, 2.75) is 73.6 Å². The van der Waals surface area contributed by atoms with E-state index in [1.54, 1.807) is 18.2 Å². The molecule has 0 saturated carbocycles. The Labute approximate surface area is 279 Å². The van der Waals surface area contributed by atoms with Crippen molar-refractivity contribution in [3.05, 3.63) is 71.0 Å². The molecule has 0 amide bonds. The van der Waals surface area contributed by atoms with E-state index in [-0.39, 0.29) is 23.8 Å². The maximum absolute atomic E-state index is 13.2. The molecule has 1 saturated heterocycles. The Morgan fingerprint density at radius 2 is 1.76 bits per heavy atom. The number of carboxylic acid groups (broad SMARTS) is 2. The van der Waals surface area contributed by atoms with Crippen LogP contribution in [0.3, 0.4) is 0 Å². The molecule has 2 aromatic rings. The van der Waals surface area contributed by atoms with Crippen LogP contribution in [0.15, 0.2) is 54.3 Å². The summed E-state index contributed by atoms with van der Waals surface area (Å²) < 4.78 is 27.7. The third-order valence-electron chi connectivity index (χ3n) is 9.87. The molecule has 15 heteroatoms. The fourth-order valence-electron chi connectivity index (χ4n) is 7.61. The lowest BCUT2D eigenvalue weighted by molar-refractivity contribution is -0.181. The number of benzene rings is 2. The number of nitrogens with zero attached hydrogens (tertiary/aromatic N) is 1. The van der Waals surface area contributed by atoms with E-state index < -0.39 is 78.1 Å². The summed E-state index contributed by atoms with van der Waals surface area (Å²) in [6.07, 6.45) is -6.20. The van der Waals surface area contributed by atoms with Gasteiger partial charge in [-0.1, -0.05) is 36.4 Å². The van der Waals surface area contributed by atoms with Crippen molar-refractivity contribution < 1.29 is 68.1 Å². The van der Waals surface area contributed by atoms with E-state index in [9.17, 15) is 39.3 Å². The number of carbonyl (C=O) groups excluding carboxylic acids is 3. The predicted octanol–water partition coefficient (Wildman–Crippen LogP) is 1.02. The number of aliphatic hydroxyl groups is 2. The van der Waals surface area contributed by atoms with E-state index in [1.807, 2.05) is 13.1 Å². The minimum absolute atomic E-state index is 0.0559. The van der Waals surface area contributed by atoms with Gasteiger partial charge >= 0.3 is 29.8 Å². The Bertz CT molecular complexity index is 1720. The molecule has 2 bridgehead atoms. The summed E-state index contributed by atoms with van der Waals surface area (Å²) in [5.74, 6) is -6.14. The maximum Gasteiger partial charge on any atom is 0.353 e. The van der Waals surface area contributed by atoms with Gasteiger partial charge in [-0.2, -0.15) is 0 Å². The molecule has 4 N–H and O–H groups in total. The van der Waals surface area contributed by atoms with Gasteiger partial charge in [0.25, 0.3) is 0 Å². The van der Waals surface area contributed by atoms with Crippen molar-refractivity contribution in [2.24, 2.45) is 0 Å². The quantitative estimate of drug-likeness (QED) is 0.182. The van der Waals surface area contributed by atoms with Gasteiger partial charge in [-0.15, -0.1) is 0 Å². The fraction of sp³-hybridized carbons (Fsp3) is 0.441. The Hall–Kier alpha value is -4.99. The number of aliphatic carboxylic acids is 2. The van der Waals surface area contributed by atoms with Crippen LogP contribution in [-0.4, -0.2) is 106 Å². The van der Waals surface area contributed by atoms with E-state index in [4.69, 9.17) is 28.8 Å². The van der Waals surface area contributed by atoms with Crippen LogP contribution >= 0.6 is 0 Å². The number of hydrogen-bond donors (Lipinski definition) is 4. The number of carbonyl (C=O) groups is 5. The summed E-state index contributed by atoms with van der Waals surface area (Å²) in [5.41, 5.74) is -0.388. The number of methoxy groups -OCH3 is 1. The molecule has 1 fully saturated rings. The standard InChI is InChI=1S/C34H35NO14/c1-35-13-12-33-26-18-8-9-20(45-2)28(26)49-29(33)21(10-11-34(33,44)23(35)14-18)46-31(42)19(36)15-25(39)48-27(17-6-4-3-5-7-17)32(43)47-22(30(40)41)16-24(37)38/h3-10,19,22-23,27,29,36,44H,11-16H2,1-2H3,(H,37,38)(H,40,41)/t19-,22+,23-,27-,29-,33-,34+/m0/s1. The maximum atomic E-state index is 13.2. The Balaban J connectivity index is 1.19. The number of carboxylic acids is 2. The van der Waals surface area contributed by atoms with Crippen LogP contribution in [0.25, 0.3) is 0 Å². The van der Waals surface area contributed by atoms with Gasteiger partial charge in [-0.05, 0) is 44.1 Å². The average Bonchev–Trinajstić information content (AvgIpc) is 3.42. The van der Waals surface area contributed by atoms with Gasteiger partial charge in [0.05, 0.1) is 31.0 Å². The summed E-state index contributed by atoms with van der Waals surface area (Å²) in [5, 5.41) is 41.3. The molecule has 0 aromatic heterocycles. The first-order valence-electron chi connectivity index (χ1n) is 15.6. The molecule has 2 aliphatic heterocycles. The van der Waals surface area contributed by atoms with Gasteiger partial charge in [-0.25, -0.2) is 14.4 Å². The van der Waals surface area contributed by atoms with E-state index in [2.05, 4.69) is 4.90 Å². The molecule has 7 atom stereocenters. The lowest BCUT2D eigenvalue weighted by atomic mass is 9.50. The second-order valence-corrected chi connectivity index (χ2v) is 12.6. The molecule has 6 rings (SSSR count). The number of piperidine rings is 1. The average molecular weight is 682 g/mol. The zero-order valence-corrected chi connectivity index (χ0v) is 26.6. The van der Waals surface area contributed by atoms with Gasteiger partial charge in [0, 0.05) is 23.6 Å². The third kappa shape index (κ3) is 5.66. The fourth-order valence-corrected chi connectivity index (χ4v) is 7.61. The summed E-state index contributed by atoms with van der Waals surface area (Å²) >= 11 is 0. The van der Waals surface area contributed by atoms with E-state index >= 15 is 0 Å². The number of rotatable bonds is 12. The smallest absolute Gasteiger partial charge is 0.353 e. The van der Waals surface area contributed by atoms with Crippen molar-refractivity contribution in [2.75, 3.05) is 20.7 Å².